The van der Waals surface area contributed by atoms with Gasteiger partial charge < -0.3 is 25.0 Å². The zero-order valence-corrected chi connectivity index (χ0v) is 21.6. The van der Waals surface area contributed by atoms with Crippen LogP contribution in [0.1, 0.15) is 43.2 Å². The molecule has 1 aliphatic carbocycles. The van der Waals surface area contributed by atoms with Crippen LogP contribution in [0.25, 0.3) is 10.2 Å². The minimum Gasteiger partial charge on any atom is -0.506 e. The fourth-order valence-corrected chi connectivity index (χ4v) is 5.94. The molecule has 4 rings (SSSR count). The summed E-state index contributed by atoms with van der Waals surface area (Å²) in [7, 11) is 0. The van der Waals surface area contributed by atoms with Crippen molar-refractivity contribution in [3.63, 3.8) is 0 Å². The average molecular weight is 524 g/mol. The first-order valence-electron chi connectivity index (χ1n) is 12.7. The van der Waals surface area contributed by atoms with E-state index in [9.17, 15) is 19.5 Å². The van der Waals surface area contributed by atoms with Crippen molar-refractivity contribution in [2.24, 2.45) is 0 Å². The van der Waals surface area contributed by atoms with Gasteiger partial charge in [0.1, 0.15) is 17.9 Å². The number of amides is 2. The molecule has 1 unspecified atom stereocenters. The van der Waals surface area contributed by atoms with Crippen LogP contribution in [0.5, 0.6) is 5.75 Å². The van der Waals surface area contributed by atoms with Crippen molar-refractivity contribution in [3.8, 4) is 5.75 Å². The smallest absolute Gasteiger partial charge is 0.407 e. The second-order valence-electron chi connectivity index (χ2n) is 9.32. The fraction of sp³-hybridized carbons (Fsp3) is 0.393. The van der Waals surface area contributed by atoms with Gasteiger partial charge in [-0.15, -0.1) is 0 Å². The van der Waals surface area contributed by atoms with Crippen LogP contribution in [0.3, 0.4) is 0 Å². The summed E-state index contributed by atoms with van der Waals surface area (Å²) in [4.78, 5) is 41.5. The fourth-order valence-electron chi connectivity index (χ4n) is 5.04. The predicted octanol–water partition coefficient (Wildman–Crippen LogP) is 4.52. The minimum absolute atomic E-state index is 0.0190. The number of aromatic amines is 1. The molecule has 1 saturated carbocycles. The Balaban J connectivity index is 1.40. The molecule has 9 heteroatoms. The highest BCUT2D eigenvalue weighted by Crippen LogP contribution is 2.28. The number of hydrogen-bond acceptors (Lipinski definition) is 6. The van der Waals surface area contributed by atoms with Gasteiger partial charge in [0.15, 0.2) is 0 Å². The van der Waals surface area contributed by atoms with Crippen molar-refractivity contribution < 1.29 is 19.4 Å². The van der Waals surface area contributed by atoms with Crippen LogP contribution in [0.2, 0.25) is 0 Å². The average Bonchev–Trinajstić information content (AvgIpc) is 3.32. The standard InChI is InChI=1S/C28H33N3O5S/c1-2-24(33)31(21-11-7-4-8-12-21)22(17-19-9-5-3-6-10-19)18-36-27(34)29-16-15-20-13-14-23(32)25-26(20)37-28(35)30-25/h2-3,5-6,9-10,13-14,21-22,32H,1,4,7-8,11-12,15-18H2,(H,29,34)(H,30,35). The Hall–Kier alpha value is -3.59. The zero-order chi connectivity index (χ0) is 26.2. The number of nitrogens with zero attached hydrogens (tertiary/aromatic N) is 1. The van der Waals surface area contributed by atoms with Gasteiger partial charge >= 0.3 is 11.0 Å². The van der Waals surface area contributed by atoms with E-state index in [-0.39, 0.29) is 35.2 Å². The minimum atomic E-state index is -0.565. The summed E-state index contributed by atoms with van der Waals surface area (Å²) in [5, 5.41) is 12.7. The molecule has 2 aromatic carbocycles. The van der Waals surface area contributed by atoms with Crippen LogP contribution in [0.15, 0.2) is 59.9 Å². The molecule has 196 valence electrons. The number of carbonyl (C=O) groups excluding carboxylic acids is 2. The molecule has 37 heavy (non-hydrogen) atoms. The van der Waals surface area contributed by atoms with Crippen LogP contribution < -0.4 is 10.2 Å². The van der Waals surface area contributed by atoms with E-state index in [2.05, 4.69) is 16.9 Å². The lowest BCUT2D eigenvalue weighted by atomic mass is 9.92. The Labute approximate surface area is 220 Å². The number of phenols is 1. The van der Waals surface area contributed by atoms with Crippen molar-refractivity contribution in [1.29, 1.82) is 0 Å². The molecule has 0 aliphatic heterocycles. The Morgan fingerprint density at radius 2 is 1.95 bits per heavy atom. The number of carbonyl (C=O) groups is 2. The van der Waals surface area contributed by atoms with E-state index < -0.39 is 6.09 Å². The number of aromatic hydroxyl groups is 1. The number of ether oxygens (including phenoxy) is 1. The van der Waals surface area contributed by atoms with Gasteiger partial charge in [0, 0.05) is 12.6 Å². The Morgan fingerprint density at radius 1 is 1.19 bits per heavy atom. The number of rotatable bonds is 10. The molecule has 3 N–H and O–H groups in total. The number of hydrogen-bond donors (Lipinski definition) is 3. The van der Waals surface area contributed by atoms with Gasteiger partial charge in [0.2, 0.25) is 5.91 Å². The van der Waals surface area contributed by atoms with Crippen molar-refractivity contribution >= 4 is 33.6 Å². The van der Waals surface area contributed by atoms with Gasteiger partial charge in [-0.1, -0.05) is 73.6 Å². The second-order valence-corrected chi connectivity index (χ2v) is 10.3. The Kier molecular flexibility index (Phi) is 9.00. The number of alkyl carbamates (subject to hydrolysis) is 1. The van der Waals surface area contributed by atoms with Crippen LogP contribution in [-0.2, 0) is 22.4 Å². The number of nitrogens with one attached hydrogen (secondary N) is 2. The Bertz CT molecular complexity index is 1280. The van der Waals surface area contributed by atoms with Gasteiger partial charge in [0.25, 0.3) is 0 Å². The molecule has 2 amide bonds. The monoisotopic (exact) mass is 523 g/mol. The summed E-state index contributed by atoms with van der Waals surface area (Å²) in [6.45, 7) is 4.08. The van der Waals surface area contributed by atoms with Crippen LogP contribution in [0.4, 0.5) is 4.79 Å². The topological polar surface area (TPSA) is 112 Å². The van der Waals surface area contributed by atoms with Crippen LogP contribution in [0, 0.1) is 0 Å². The van der Waals surface area contributed by atoms with E-state index in [0.717, 1.165) is 48.1 Å². The number of H-pyrrole nitrogens is 1. The van der Waals surface area contributed by atoms with Gasteiger partial charge in [-0.05, 0) is 49.0 Å². The van der Waals surface area contributed by atoms with Gasteiger partial charge in [0.05, 0.1) is 10.7 Å². The van der Waals surface area contributed by atoms with Gasteiger partial charge in [-0.2, -0.15) is 0 Å². The first kappa shape index (κ1) is 26.5. The lowest BCUT2D eigenvalue weighted by Crippen LogP contribution is -2.50. The highest BCUT2D eigenvalue weighted by molar-refractivity contribution is 7.16. The molecule has 1 aromatic heterocycles. The first-order chi connectivity index (χ1) is 18.0. The third-order valence-corrected chi connectivity index (χ3v) is 7.77. The number of thiazole rings is 1. The molecule has 1 atom stereocenters. The van der Waals surface area contributed by atoms with Crippen molar-refractivity contribution in [3.05, 3.63) is 75.9 Å². The maximum Gasteiger partial charge on any atom is 0.407 e. The molecular weight excluding hydrogens is 490 g/mol. The maximum atomic E-state index is 13.0. The molecular formula is C28H33N3O5S. The molecule has 3 aromatic rings. The van der Waals surface area contributed by atoms with E-state index in [4.69, 9.17) is 4.74 Å². The van der Waals surface area contributed by atoms with Crippen molar-refractivity contribution in [2.75, 3.05) is 13.2 Å². The number of phenolic OH excluding ortho intramolecular Hbond substituents is 1. The summed E-state index contributed by atoms with van der Waals surface area (Å²) in [6, 6.07) is 13.0. The van der Waals surface area contributed by atoms with E-state index >= 15 is 0 Å². The van der Waals surface area contributed by atoms with Crippen LogP contribution >= 0.6 is 11.3 Å². The molecule has 1 aliphatic rings. The SMILES string of the molecule is C=CC(=O)N(C1CCCCC1)C(COC(=O)NCCc1ccc(O)c2[nH]c(=O)sc12)Cc1ccccc1. The number of benzene rings is 2. The largest absolute Gasteiger partial charge is 0.506 e. The number of aromatic nitrogens is 1. The molecule has 0 radical (unpaired) electrons. The third kappa shape index (κ3) is 6.80. The normalized spacial score (nSPS) is 14.7. The number of fused-ring (bicyclic) bond motifs is 1. The molecule has 8 nitrogen and oxygen atoms in total. The summed E-state index contributed by atoms with van der Waals surface area (Å²) < 4.78 is 6.29. The van der Waals surface area contributed by atoms with Crippen molar-refractivity contribution in [1.82, 2.24) is 15.2 Å². The van der Waals surface area contributed by atoms with E-state index in [1.807, 2.05) is 35.2 Å². The lowest BCUT2D eigenvalue weighted by molar-refractivity contribution is -0.132. The first-order valence-corrected chi connectivity index (χ1v) is 13.5. The van der Waals surface area contributed by atoms with Gasteiger partial charge in [-0.3, -0.25) is 9.59 Å². The summed E-state index contributed by atoms with van der Waals surface area (Å²) in [5.41, 5.74) is 2.32. The van der Waals surface area contributed by atoms with Crippen LogP contribution in [-0.4, -0.2) is 52.2 Å². The van der Waals surface area contributed by atoms with E-state index in [1.165, 1.54) is 18.6 Å². The Morgan fingerprint density at radius 3 is 2.68 bits per heavy atom. The summed E-state index contributed by atoms with van der Waals surface area (Å²) >= 11 is 1.03. The molecule has 1 fully saturated rings. The zero-order valence-electron chi connectivity index (χ0n) is 20.8. The molecule has 1 heterocycles. The van der Waals surface area contributed by atoms with E-state index in [1.54, 1.807) is 6.07 Å². The summed E-state index contributed by atoms with van der Waals surface area (Å²) in [6.07, 6.45) is 7.01. The second kappa shape index (κ2) is 12.6. The van der Waals surface area contributed by atoms with Crippen molar-refractivity contribution in [2.45, 2.75) is 57.0 Å². The highest BCUT2D eigenvalue weighted by Gasteiger charge is 2.31. The quantitative estimate of drug-likeness (QED) is 0.338. The van der Waals surface area contributed by atoms with Gasteiger partial charge in [-0.25, -0.2) is 4.79 Å². The summed E-state index contributed by atoms with van der Waals surface area (Å²) in [5.74, 6) is -0.121. The highest BCUT2D eigenvalue weighted by atomic mass is 32.1. The maximum absolute atomic E-state index is 13.0. The molecule has 0 bridgehead atoms. The van der Waals surface area contributed by atoms with E-state index in [0.29, 0.717) is 29.6 Å². The predicted molar refractivity (Wildman–Crippen MR) is 145 cm³/mol. The lowest BCUT2D eigenvalue weighted by Gasteiger charge is -2.39. The molecule has 0 saturated heterocycles. The third-order valence-electron chi connectivity index (χ3n) is 6.81. The molecule has 0 spiro atoms.